The van der Waals surface area contributed by atoms with Gasteiger partial charge in [0.05, 0.1) is 11.6 Å². The Hall–Kier alpha value is -0.800. The van der Waals surface area contributed by atoms with E-state index < -0.39 is 5.82 Å². The molecule has 90 valence electrons. The maximum absolute atomic E-state index is 13.0. The van der Waals surface area contributed by atoms with Crippen molar-refractivity contribution in [3.63, 3.8) is 0 Å². The summed E-state index contributed by atoms with van der Waals surface area (Å²) in [5.41, 5.74) is 0. The van der Waals surface area contributed by atoms with E-state index in [0.717, 1.165) is 25.9 Å². The van der Waals surface area contributed by atoms with Crippen LogP contribution in [0.4, 0.5) is 4.39 Å². The van der Waals surface area contributed by atoms with Crippen LogP contribution in [-0.4, -0.2) is 19.7 Å². The van der Waals surface area contributed by atoms with Gasteiger partial charge in [0.1, 0.15) is 11.6 Å². The zero-order chi connectivity index (χ0) is 11.8. The lowest BCUT2D eigenvalue weighted by Crippen LogP contribution is -2.18. The van der Waals surface area contributed by atoms with E-state index in [9.17, 15) is 4.39 Å². The van der Waals surface area contributed by atoms with Gasteiger partial charge in [0.25, 0.3) is 0 Å². The number of hydrogen-bond acceptors (Lipinski definition) is 2. The van der Waals surface area contributed by atoms with Crippen molar-refractivity contribution in [2.75, 3.05) is 19.7 Å². The molecule has 0 bridgehead atoms. The lowest BCUT2D eigenvalue weighted by atomic mass is 10.3. The molecule has 1 rings (SSSR count). The van der Waals surface area contributed by atoms with Crippen LogP contribution in [-0.2, 0) is 0 Å². The molecule has 16 heavy (non-hydrogen) atoms. The van der Waals surface area contributed by atoms with Crippen molar-refractivity contribution in [3.8, 4) is 5.75 Å². The molecule has 1 N–H and O–H groups in total. The van der Waals surface area contributed by atoms with Gasteiger partial charge in [-0.25, -0.2) is 4.39 Å². The van der Waals surface area contributed by atoms with E-state index in [4.69, 9.17) is 16.3 Å². The van der Waals surface area contributed by atoms with Gasteiger partial charge >= 0.3 is 0 Å². The Labute approximate surface area is 101 Å². The molecule has 1 aromatic rings. The molecule has 0 unspecified atom stereocenters. The molecule has 0 spiro atoms. The summed E-state index contributed by atoms with van der Waals surface area (Å²) in [5, 5.41) is 3.39. The lowest BCUT2D eigenvalue weighted by molar-refractivity contribution is 0.307. The van der Waals surface area contributed by atoms with Crippen molar-refractivity contribution >= 4 is 11.6 Å². The molecule has 0 radical (unpaired) electrons. The highest BCUT2D eigenvalue weighted by Gasteiger charge is 2.01. The molecule has 0 aliphatic heterocycles. The predicted molar refractivity (Wildman–Crippen MR) is 64.7 cm³/mol. The molecule has 0 saturated carbocycles. The van der Waals surface area contributed by atoms with Crippen LogP contribution in [0, 0.1) is 5.82 Å². The minimum atomic E-state index is -0.441. The Balaban J connectivity index is 2.19. The normalized spacial score (nSPS) is 10.4. The number of nitrogens with one attached hydrogen (secondary N) is 1. The van der Waals surface area contributed by atoms with E-state index in [2.05, 4.69) is 12.2 Å². The summed E-state index contributed by atoms with van der Waals surface area (Å²) in [5.74, 6) is 0.0840. The van der Waals surface area contributed by atoms with Crippen molar-refractivity contribution in [2.24, 2.45) is 0 Å². The Morgan fingerprint density at radius 3 is 2.88 bits per heavy atom. The quantitative estimate of drug-likeness (QED) is 0.745. The predicted octanol–water partition coefficient (Wildman–Crippen LogP) is 3.25. The molecule has 4 heteroatoms. The maximum atomic E-state index is 13.0. The van der Waals surface area contributed by atoms with E-state index >= 15 is 0 Å². The molecule has 0 atom stereocenters. The van der Waals surface area contributed by atoms with Crippen molar-refractivity contribution in [2.45, 2.75) is 19.8 Å². The van der Waals surface area contributed by atoms with Gasteiger partial charge in [-0.1, -0.05) is 18.5 Å². The van der Waals surface area contributed by atoms with E-state index in [1.807, 2.05) is 0 Å². The summed E-state index contributed by atoms with van der Waals surface area (Å²) in [6.07, 6.45) is 2.04. The third-order valence-corrected chi connectivity index (χ3v) is 2.39. The molecule has 0 aromatic heterocycles. The maximum Gasteiger partial charge on any atom is 0.145 e. The Morgan fingerprint density at radius 2 is 2.19 bits per heavy atom. The van der Waals surface area contributed by atoms with Gasteiger partial charge in [0.2, 0.25) is 0 Å². The molecular weight excluding hydrogens is 229 g/mol. The third kappa shape index (κ3) is 4.81. The number of halogens is 2. The number of hydrogen-bond donors (Lipinski definition) is 1. The summed E-state index contributed by atoms with van der Waals surface area (Å²) < 4.78 is 18.4. The largest absolute Gasteiger partial charge is 0.493 e. The minimum absolute atomic E-state index is 0.122. The average molecular weight is 246 g/mol. The fourth-order valence-corrected chi connectivity index (χ4v) is 1.37. The van der Waals surface area contributed by atoms with Crippen molar-refractivity contribution < 1.29 is 9.13 Å². The first-order valence-corrected chi connectivity index (χ1v) is 5.90. The van der Waals surface area contributed by atoms with E-state index in [1.54, 1.807) is 6.07 Å². The van der Waals surface area contributed by atoms with Gasteiger partial charge in [-0.3, -0.25) is 0 Å². The van der Waals surface area contributed by atoms with E-state index in [0.29, 0.717) is 12.4 Å². The van der Waals surface area contributed by atoms with Crippen LogP contribution in [0.2, 0.25) is 5.02 Å². The SMILES string of the molecule is CCCNCCCOc1ccc(Cl)c(F)c1. The molecule has 1 aromatic carbocycles. The first kappa shape index (κ1) is 13.3. The van der Waals surface area contributed by atoms with E-state index in [1.165, 1.54) is 12.1 Å². The van der Waals surface area contributed by atoms with Gasteiger partial charge < -0.3 is 10.1 Å². The fraction of sp³-hybridized carbons (Fsp3) is 0.500. The van der Waals surface area contributed by atoms with Crippen LogP contribution in [0.3, 0.4) is 0 Å². The van der Waals surface area contributed by atoms with Gasteiger partial charge in [-0.15, -0.1) is 0 Å². The van der Waals surface area contributed by atoms with Crippen LogP contribution in [0.15, 0.2) is 18.2 Å². The zero-order valence-corrected chi connectivity index (χ0v) is 10.2. The molecule has 2 nitrogen and oxygen atoms in total. The number of benzene rings is 1. The van der Waals surface area contributed by atoms with Crippen molar-refractivity contribution in [1.29, 1.82) is 0 Å². The highest BCUT2D eigenvalue weighted by atomic mass is 35.5. The highest BCUT2D eigenvalue weighted by Crippen LogP contribution is 2.20. The van der Waals surface area contributed by atoms with Gasteiger partial charge in [-0.2, -0.15) is 0 Å². The van der Waals surface area contributed by atoms with Gasteiger partial charge in [0, 0.05) is 6.07 Å². The van der Waals surface area contributed by atoms with E-state index in [-0.39, 0.29) is 5.02 Å². The molecular formula is C12H17ClFNO. The Kier molecular flexibility index (Phi) is 6.19. The molecule has 0 fully saturated rings. The third-order valence-electron chi connectivity index (χ3n) is 2.08. The first-order chi connectivity index (χ1) is 7.74. The molecule has 0 aliphatic rings. The topological polar surface area (TPSA) is 21.3 Å². The van der Waals surface area contributed by atoms with Gasteiger partial charge in [-0.05, 0) is 38.1 Å². The molecule has 0 saturated heterocycles. The van der Waals surface area contributed by atoms with Crippen molar-refractivity contribution in [1.82, 2.24) is 5.32 Å². The zero-order valence-electron chi connectivity index (χ0n) is 9.43. The summed E-state index contributed by atoms with van der Waals surface area (Å²) in [4.78, 5) is 0. The first-order valence-electron chi connectivity index (χ1n) is 5.52. The van der Waals surface area contributed by atoms with Crippen LogP contribution in [0.25, 0.3) is 0 Å². The number of rotatable bonds is 7. The van der Waals surface area contributed by atoms with Crippen LogP contribution >= 0.6 is 11.6 Å². The van der Waals surface area contributed by atoms with Crippen LogP contribution < -0.4 is 10.1 Å². The van der Waals surface area contributed by atoms with Gasteiger partial charge in [0.15, 0.2) is 0 Å². The number of ether oxygens (including phenoxy) is 1. The van der Waals surface area contributed by atoms with Crippen molar-refractivity contribution in [3.05, 3.63) is 29.0 Å². The fourth-order valence-electron chi connectivity index (χ4n) is 1.26. The summed E-state index contributed by atoms with van der Waals surface area (Å²) >= 11 is 5.56. The Morgan fingerprint density at radius 1 is 1.38 bits per heavy atom. The lowest BCUT2D eigenvalue weighted by Gasteiger charge is -2.07. The molecule has 0 amide bonds. The van der Waals surface area contributed by atoms with Crippen LogP contribution in [0.5, 0.6) is 5.75 Å². The summed E-state index contributed by atoms with van der Waals surface area (Å²) in [7, 11) is 0. The minimum Gasteiger partial charge on any atom is -0.493 e. The highest BCUT2D eigenvalue weighted by molar-refractivity contribution is 6.30. The second kappa shape index (κ2) is 7.47. The second-order valence-corrected chi connectivity index (χ2v) is 3.94. The standard InChI is InChI=1S/C12H17ClFNO/c1-2-6-15-7-3-8-16-10-4-5-11(13)12(14)9-10/h4-5,9,15H,2-3,6-8H2,1H3. The smallest absolute Gasteiger partial charge is 0.145 e. The monoisotopic (exact) mass is 245 g/mol. The summed E-state index contributed by atoms with van der Waals surface area (Å²) in [6, 6.07) is 4.48. The molecule has 0 heterocycles. The summed E-state index contributed by atoms with van der Waals surface area (Å²) in [6.45, 7) is 4.65. The van der Waals surface area contributed by atoms with Crippen LogP contribution in [0.1, 0.15) is 19.8 Å². The Bertz CT molecular complexity index is 320. The second-order valence-electron chi connectivity index (χ2n) is 3.53. The molecule has 0 aliphatic carbocycles. The average Bonchev–Trinajstić information content (AvgIpc) is 2.28.